The Morgan fingerprint density at radius 3 is 2.65 bits per heavy atom. The molecule has 0 aromatic heterocycles. The average Bonchev–Trinajstić information content (AvgIpc) is 2.79. The normalized spacial score (nSPS) is 25.2. The molecule has 0 radical (unpaired) electrons. The van der Waals surface area contributed by atoms with Crippen molar-refractivity contribution in [3.05, 3.63) is 35.9 Å². The highest BCUT2D eigenvalue weighted by Gasteiger charge is 2.43. The van der Waals surface area contributed by atoms with Gasteiger partial charge >= 0.3 is 5.97 Å². The van der Waals surface area contributed by atoms with E-state index < -0.39 is 5.92 Å². The molecule has 0 spiro atoms. The fourth-order valence-electron chi connectivity index (χ4n) is 2.87. The molecule has 3 atom stereocenters. The summed E-state index contributed by atoms with van der Waals surface area (Å²) in [5.74, 6) is -0.829. The van der Waals surface area contributed by atoms with Crippen molar-refractivity contribution in [1.82, 2.24) is 0 Å². The van der Waals surface area contributed by atoms with Crippen LogP contribution in [0.15, 0.2) is 30.3 Å². The molecule has 0 saturated carbocycles. The van der Waals surface area contributed by atoms with Crippen molar-refractivity contribution in [2.45, 2.75) is 45.1 Å². The van der Waals surface area contributed by atoms with Gasteiger partial charge in [0.2, 0.25) is 0 Å². The van der Waals surface area contributed by atoms with Crippen LogP contribution in [0.5, 0.6) is 0 Å². The van der Waals surface area contributed by atoms with Gasteiger partial charge in [0.25, 0.3) is 0 Å². The number of cyclic esters (lactones) is 1. The van der Waals surface area contributed by atoms with Gasteiger partial charge < -0.3 is 4.74 Å². The molecule has 1 unspecified atom stereocenters. The van der Waals surface area contributed by atoms with Crippen molar-refractivity contribution >= 4 is 5.97 Å². The molecule has 1 aromatic rings. The van der Waals surface area contributed by atoms with Crippen LogP contribution in [-0.4, -0.2) is 12.1 Å². The molecule has 0 bridgehead atoms. The molecule has 1 aliphatic rings. The van der Waals surface area contributed by atoms with Crippen LogP contribution in [0.25, 0.3) is 0 Å². The highest BCUT2D eigenvalue weighted by Crippen LogP contribution is 2.34. The van der Waals surface area contributed by atoms with Crippen LogP contribution in [0.4, 0.5) is 0 Å². The summed E-state index contributed by atoms with van der Waals surface area (Å²) < 4.78 is 5.43. The fourth-order valence-corrected chi connectivity index (χ4v) is 2.87. The van der Waals surface area contributed by atoms with Crippen LogP contribution >= 0.6 is 0 Å². The van der Waals surface area contributed by atoms with Gasteiger partial charge in [0.05, 0.1) is 6.07 Å². The van der Waals surface area contributed by atoms with Crippen molar-refractivity contribution in [3.63, 3.8) is 0 Å². The Bertz CT molecular complexity index is 478. The van der Waals surface area contributed by atoms with E-state index in [-0.39, 0.29) is 18.0 Å². The number of carbonyl (C=O) groups is 1. The summed E-state index contributed by atoms with van der Waals surface area (Å²) in [5, 5.41) is 9.16. The van der Waals surface area contributed by atoms with Crippen molar-refractivity contribution in [2.24, 2.45) is 11.8 Å². The smallest absolute Gasteiger partial charge is 0.324 e. The predicted octanol–water partition coefficient (Wildman–Crippen LogP) is 3.49. The number of rotatable bonds is 6. The van der Waals surface area contributed by atoms with Gasteiger partial charge in [0.1, 0.15) is 12.0 Å². The number of nitrogens with zero attached hydrogens (tertiary/aromatic N) is 1. The molecule has 106 valence electrons. The number of benzene rings is 1. The quantitative estimate of drug-likeness (QED) is 0.744. The first-order valence-electron chi connectivity index (χ1n) is 7.40. The van der Waals surface area contributed by atoms with Gasteiger partial charge in [-0.25, -0.2) is 0 Å². The van der Waals surface area contributed by atoms with E-state index >= 15 is 0 Å². The van der Waals surface area contributed by atoms with Gasteiger partial charge in [0, 0.05) is 5.92 Å². The predicted molar refractivity (Wildman–Crippen MR) is 76.8 cm³/mol. The SMILES string of the molecule is CCCC[C@@H]1C(CCc2ccccc2)OC(=O)[C@H]1C#N. The molecule has 0 aliphatic carbocycles. The number of unbranched alkanes of at least 4 members (excludes halogenated alkanes) is 1. The van der Waals surface area contributed by atoms with Gasteiger partial charge in [-0.3, -0.25) is 4.79 Å². The lowest BCUT2D eigenvalue weighted by Crippen LogP contribution is -2.21. The van der Waals surface area contributed by atoms with Crippen LogP contribution in [0.2, 0.25) is 0 Å². The summed E-state index contributed by atoms with van der Waals surface area (Å²) in [7, 11) is 0. The fraction of sp³-hybridized carbons (Fsp3) is 0.529. The Morgan fingerprint density at radius 2 is 2.00 bits per heavy atom. The molecule has 0 N–H and O–H groups in total. The van der Waals surface area contributed by atoms with Gasteiger partial charge in [-0.15, -0.1) is 0 Å². The van der Waals surface area contributed by atoms with Gasteiger partial charge in [-0.1, -0.05) is 50.1 Å². The Morgan fingerprint density at radius 1 is 1.25 bits per heavy atom. The molecule has 20 heavy (non-hydrogen) atoms. The minimum Gasteiger partial charge on any atom is -0.461 e. The van der Waals surface area contributed by atoms with E-state index in [1.165, 1.54) is 5.56 Å². The summed E-state index contributed by atoms with van der Waals surface area (Å²) in [4.78, 5) is 11.8. The van der Waals surface area contributed by atoms with E-state index in [0.717, 1.165) is 32.1 Å². The molecular formula is C17H21NO2. The summed E-state index contributed by atoms with van der Waals surface area (Å²) in [5.41, 5.74) is 1.25. The second-order valence-corrected chi connectivity index (χ2v) is 5.41. The zero-order valence-electron chi connectivity index (χ0n) is 11.9. The Balaban J connectivity index is 1.98. The zero-order chi connectivity index (χ0) is 14.4. The second-order valence-electron chi connectivity index (χ2n) is 5.41. The van der Waals surface area contributed by atoms with Gasteiger partial charge in [0.15, 0.2) is 0 Å². The van der Waals surface area contributed by atoms with E-state index in [1.807, 2.05) is 18.2 Å². The first-order chi connectivity index (χ1) is 9.76. The molecule has 2 rings (SSSR count). The molecule has 0 amide bonds. The number of hydrogen-bond donors (Lipinski definition) is 0. The standard InChI is InChI=1S/C17H21NO2/c1-2-3-9-14-15(12-18)17(19)20-16(14)11-10-13-7-5-4-6-8-13/h4-8,14-16H,2-3,9-11H2,1H3/t14-,15-,16?/m0/s1. The monoisotopic (exact) mass is 271 g/mol. The maximum atomic E-state index is 11.8. The molecule has 1 aromatic carbocycles. The highest BCUT2D eigenvalue weighted by molar-refractivity contribution is 5.78. The van der Waals surface area contributed by atoms with Crippen LogP contribution in [0.3, 0.4) is 0 Å². The van der Waals surface area contributed by atoms with Crippen molar-refractivity contribution in [1.29, 1.82) is 5.26 Å². The second kappa shape index (κ2) is 7.09. The molecular weight excluding hydrogens is 250 g/mol. The summed E-state index contributed by atoms with van der Waals surface area (Å²) in [6.07, 6.45) is 4.62. The minimum atomic E-state index is -0.567. The third-order valence-electron chi connectivity index (χ3n) is 4.02. The molecule has 1 heterocycles. The zero-order valence-corrected chi connectivity index (χ0v) is 11.9. The van der Waals surface area contributed by atoms with E-state index in [2.05, 4.69) is 25.1 Å². The number of esters is 1. The van der Waals surface area contributed by atoms with Gasteiger partial charge in [-0.05, 0) is 24.8 Å². The number of nitriles is 1. The molecule has 1 aliphatic heterocycles. The van der Waals surface area contributed by atoms with Crippen molar-refractivity contribution < 1.29 is 9.53 Å². The van der Waals surface area contributed by atoms with E-state index in [9.17, 15) is 4.79 Å². The number of hydrogen-bond acceptors (Lipinski definition) is 3. The third-order valence-corrected chi connectivity index (χ3v) is 4.02. The van der Waals surface area contributed by atoms with Crippen LogP contribution in [0, 0.1) is 23.2 Å². The summed E-state index contributed by atoms with van der Waals surface area (Å²) in [6.45, 7) is 2.12. The largest absolute Gasteiger partial charge is 0.461 e. The summed E-state index contributed by atoms with van der Waals surface area (Å²) >= 11 is 0. The molecule has 1 saturated heterocycles. The lowest BCUT2D eigenvalue weighted by atomic mass is 9.85. The lowest BCUT2D eigenvalue weighted by Gasteiger charge is -2.18. The van der Waals surface area contributed by atoms with Crippen LogP contribution in [-0.2, 0) is 16.0 Å². The highest BCUT2D eigenvalue weighted by atomic mass is 16.6. The minimum absolute atomic E-state index is 0.0659. The number of aryl methyl sites for hydroxylation is 1. The van der Waals surface area contributed by atoms with Crippen LogP contribution in [0.1, 0.15) is 38.2 Å². The number of ether oxygens (including phenoxy) is 1. The third kappa shape index (κ3) is 3.39. The lowest BCUT2D eigenvalue weighted by molar-refractivity contribution is -0.143. The average molecular weight is 271 g/mol. The maximum Gasteiger partial charge on any atom is 0.324 e. The Kier molecular flexibility index (Phi) is 5.17. The molecule has 1 fully saturated rings. The van der Waals surface area contributed by atoms with Crippen LogP contribution < -0.4 is 0 Å². The summed E-state index contributed by atoms with van der Waals surface area (Å²) in [6, 6.07) is 12.3. The molecule has 3 nitrogen and oxygen atoms in total. The Labute approximate surface area is 120 Å². The first kappa shape index (κ1) is 14.6. The molecule has 3 heteroatoms. The number of carbonyl (C=O) groups excluding carboxylic acids is 1. The van der Waals surface area contributed by atoms with E-state index in [4.69, 9.17) is 10.00 Å². The Hall–Kier alpha value is -1.82. The van der Waals surface area contributed by atoms with E-state index in [1.54, 1.807) is 0 Å². The van der Waals surface area contributed by atoms with Crippen molar-refractivity contribution in [3.8, 4) is 6.07 Å². The maximum absolute atomic E-state index is 11.8. The van der Waals surface area contributed by atoms with E-state index in [0.29, 0.717) is 0 Å². The first-order valence-corrected chi connectivity index (χ1v) is 7.40. The van der Waals surface area contributed by atoms with Crippen molar-refractivity contribution in [2.75, 3.05) is 0 Å². The topological polar surface area (TPSA) is 50.1 Å². The van der Waals surface area contributed by atoms with Gasteiger partial charge in [-0.2, -0.15) is 5.26 Å².